The van der Waals surface area contributed by atoms with E-state index in [1.54, 1.807) is 12.3 Å². The highest BCUT2D eigenvalue weighted by Gasteiger charge is 1.92. The van der Waals surface area contributed by atoms with Crippen molar-refractivity contribution in [3.63, 3.8) is 0 Å². The van der Waals surface area contributed by atoms with Crippen molar-refractivity contribution >= 4 is 11.5 Å². The van der Waals surface area contributed by atoms with E-state index < -0.39 is 0 Å². The van der Waals surface area contributed by atoms with Crippen LogP contribution in [0.15, 0.2) is 31.0 Å². The van der Waals surface area contributed by atoms with Gasteiger partial charge >= 0.3 is 0 Å². The van der Waals surface area contributed by atoms with E-state index >= 15 is 0 Å². The van der Waals surface area contributed by atoms with Gasteiger partial charge in [0.15, 0.2) is 0 Å². The first-order valence-electron chi connectivity index (χ1n) is 4.97. The molecule has 0 radical (unpaired) electrons. The Balaban J connectivity index is 2.12. The Hall–Kier alpha value is -1.55. The summed E-state index contributed by atoms with van der Waals surface area (Å²) in [4.78, 5) is 3.90. The first-order chi connectivity index (χ1) is 7.33. The molecule has 0 saturated heterocycles. The highest BCUT2D eigenvalue weighted by Crippen LogP contribution is 2.07. The SMILES string of the molecule is C=CCCOCCNc1ccnc(N)c1. The minimum atomic E-state index is 0.521. The van der Waals surface area contributed by atoms with Crippen LogP contribution in [0.25, 0.3) is 0 Å². The van der Waals surface area contributed by atoms with Crippen molar-refractivity contribution < 1.29 is 4.74 Å². The van der Waals surface area contributed by atoms with Crippen LogP contribution in [-0.4, -0.2) is 24.7 Å². The molecule has 0 bridgehead atoms. The van der Waals surface area contributed by atoms with Gasteiger partial charge in [0, 0.05) is 24.5 Å². The number of hydrogen-bond acceptors (Lipinski definition) is 4. The van der Waals surface area contributed by atoms with Gasteiger partial charge < -0.3 is 15.8 Å². The Kier molecular flexibility index (Phi) is 5.25. The minimum absolute atomic E-state index is 0.521. The fraction of sp³-hybridized carbons (Fsp3) is 0.364. The average molecular weight is 207 g/mol. The largest absolute Gasteiger partial charge is 0.384 e. The Morgan fingerprint density at radius 1 is 1.53 bits per heavy atom. The maximum Gasteiger partial charge on any atom is 0.125 e. The van der Waals surface area contributed by atoms with Crippen molar-refractivity contribution in [2.45, 2.75) is 6.42 Å². The van der Waals surface area contributed by atoms with Gasteiger partial charge in [0.05, 0.1) is 13.2 Å². The minimum Gasteiger partial charge on any atom is -0.384 e. The van der Waals surface area contributed by atoms with Crippen LogP contribution in [0.4, 0.5) is 11.5 Å². The molecule has 0 amide bonds. The zero-order valence-electron chi connectivity index (χ0n) is 8.78. The van der Waals surface area contributed by atoms with Gasteiger partial charge in [-0.2, -0.15) is 0 Å². The van der Waals surface area contributed by atoms with E-state index in [-0.39, 0.29) is 0 Å². The number of aromatic nitrogens is 1. The lowest BCUT2D eigenvalue weighted by molar-refractivity contribution is 0.149. The number of nitrogens with zero attached hydrogens (tertiary/aromatic N) is 1. The number of nitrogen functional groups attached to an aromatic ring is 1. The van der Waals surface area contributed by atoms with Crippen LogP contribution in [-0.2, 0) is 4.74 Å². The standard InChI is InChI=1S/C11H17N3O/c1-2-3-7-15-8-6-13-10-4-5-14-11(12)9-10/h2,4-5,9H,1,3,6-8H2,(H3,12,13,14). The molecule has 4 nitrogen and oxygen atoms in total. The second kappa shape index (κ2) is 6.84. The van der Waals surface area contributed by atoms with Crippen LogP contribution in [0.1, 0.15) is 6.42 Å². The fourth-order valence-electron chi connectivity index (χ4n) is 1.09. The number of nitrogens with two attached hydrogens (primary N) is 1. The van der Waals surface area contributed by atoms with E-state index in [0.717, 1.165) is 25.3 Å². The number of pyridine rings is 1. The molecule has 1 rings (SSSR count). The van der Waals surface area contributed by atoms with Crippen molar-refractivity contribution in [2.75, 3.05) is 30.8 Å². The summed E-state index contributed by atoms with van der Waals surface area (Å²) >= 11 is 0. The van der Waals surface area contributed by atoms with Crippen molar-refractivity contribution in [3.8, 4) is 0 Å². The predicted octanol–water partition coefficient (Wildman–Crippen LogP) is 1.67. The van der Waals surface area contributed by atoms with Gasteiger partial charge in [0.1, 0.15) is 5.82 Å². The Morgan fingerprint density at radius 3 is 3.13 bits per heavy atom. The molecule has 0 aliphatic carbocycles. The molecular weight excluding hydrogens is 190 g/mol. The van der Waals surface area contributed by atoms with Gasteiger partial charge in [-0.05, 0) is 12.5 Å². The van der Waals surface area contributed by atoms with E-state index in [1.807, 2.05) is 12.1 Å². The van der Waals surface area contributed by atoms with Crippen LogP contribution >= 0.6 is 0 Å². The summed E-state index contributed by atoms with van der Waals surface area (Å²) in [5.74, 6) is 0.521. The smallest absolute Gasteiger partial charge is 0.125 e. The monoisotopic (exact) mass is 207 g/mol. The summed E-state index contributed by atoms with van der Waals surface area (Å²) in [7, 11) is 0. The second-order valence-corrected chi connectivity index (χ2v) is 3.09. The van der Waals surface area contributed by atoms with Crippen LogP contribution < -0.4 is 11.1 Å². The number of nitrogens with one attached hydrogen (secondary N) is 1. The molecule has 0 atom stereocenters. The normalized spacial score (nSPS) is 9.87. The molecular formula is C11H17N3O. The maximum atomic E-state index is 5.54. The molecule has 15 heavy (non-hydrogen) atoms. The molecule has 0 spiro atoms. The van der Waals surface area contributed by atoms with Gasteiger partial charge in [-0.1, -0.05) is 6.08 Å². The van der Waals surface area contributed by atoms with E-state index in [9.17, 15) is 0 Å². The lowest BCUT2D eigenvalue weighted by Gasteiger charge is -2.06. The Labute approximate surface area is 90.2 Å². The second-order valence-electron chi connectivity index (χ2n) is 3.09. The molecule has 0 unspecified atom stereocenters. The summed E-state index contributed by atoms with van der Waals surface area (Å²) in [6, 6.07) is 3.67. The van der Waals surface area contributed by atoms with Gasteiger partial charge in [0.25, 0.3) is 0 Å². The zero-order valence-corrected chi connectivity index (χ0v) is 8.78. The molecule has 1 aromatic rings. The van der Waals surface area contributed by atoms with Gasteiger partial charge in [-0.3, -0.25) is 0 Å². The fourth-order valence-corrected chi connectivity index (χ4v) is 1.09. The van der Waals surface area contributed by atoms with Crippen molar-refractivity contribution in [1.82, 2.24) is 4.98 Å². The molecule has 1 aromatic heterocycles. The molecule has 0 aromatic carbocycles. The highest BCUT2D eigenvalue weighted by atomic mass is 16.5. The number of rotatable bonds is 7. The molecule has 0 aliphatic rings. The third-order valence-electron chi connectivity index (χ3n) is 1.82. The molecule has 0 fully saturated rings. The van der Waals surface area contributed by atoms with Crippen molar-refractivity contribution in [3.05, 3.63) is 31.0 Å². The number of anilines is 2. The van der Waals surface area contributed by atoms with Crippen molar-refractivity contribution in [1.29, 1.82) is 0 Å². The predicted molar refractivity (Wildman–Crippen MR) is 62.8 cm³/mol. The molecule has 3 N–H and O–H groups in total. The van der Waals surface area contributed by atoms with Crippen LogP contribution in [0, 0.1) is 0 Å². The van der Waals surface area contributed by atoms with Crippen LogP contribution in [0.3, 0.4) is 0 Å². The lowest BCUT2D eigenvalue weighted by atomic mass is 10.4. The number of ether oxygens (including phenoxy) is 1. The third kappa shape index (κ3) is 5.02. The lowest BCUT2D eigenvalue weighted by Crippen LogP contribution is -2.10. The van der Waals surface area contributed by atoms with Gasteiger partial charge in [-0.15, -0.1) is 6.58 Å². The summed E-state index contributed by atoms with van der Waals surface area (Å²) in [5.41, 5.74) is 6.50. The van der Waals surface area contributed by atoms with Crippen LogP contribution in [0.5, 0.6) is 0 Å². The summed E-state index contributed by atoms with van der Waals surface area (Å²) in [6.07, 6.45) is 4.41. The number of hydrogen-bond donors (Lipinski definition) is 2. The van der Waals surface area contributed by atoms with Crippen LogP contribution in [0.2, 0.25) is 0 Å². The van der Waals surface area contributed by atoms with Gasteiger partial charge in [0.2, 0.25) is 0 Å². The maximum absolute atomic E-state index is 5.54. The quantitative estimate of drug-likeness (QED) is 0.527. The average Bonchev–Trinajstić information content (AvgIpc) is 2.23. The molecule has 1 heterocycles. The summed E-state index contributed by atoms with van der Waals surface area (Å²) in [6.45, 7) is 5.79. The molecule has 4 heteroatoms. The third-order valence-corrected chi connectivity index (χ3v) is 1.82. The van der Waals surface area contributed by atoms with E-state index in [0.29, 0.717) is 12.4 Å². The molecule has 0 aliphatic heterocycles. The first kappa shape index (κ1) is 11.5. The van der Waals surface area contributed by atoms with E-state index in [2.05, 4.69) is 16.9 Å². The Bertz CT molecular complexity index is 302. The zero-order chi connectivity index (χ0) is 10.9. The Morgan fingerprint density at radius 2 is 2.40 bits per heavy atom. The topological polar surface area (TPSA) is 60.2 Å². The highest BCUT2D eigenvalue weighted by molar-refractivity contribution is 5.49. The van der Waals surface area contributed by atoms with E-state index in [4.69, 9.17) is 10.5 Å². The van der Waals surface area contributed by atoms with Gasteiger partial charge in [-0.25, -0.2) is 4.98 Å². The van der Waals surface area contributed by atoms with E-state index in [1.165, 1.54) is 0 Å². The summed E-state index contributed by atoms with van der Waals surface area (Å²) in [5, 5.41) is 3.19. The van der Waals surface area contributed by atoms with Crippen molar-refractivity contribution in [2.24, 2.45) is 0 Å². The molecule has 0 saturated carbocycles. The summed E-state index contributed by atoms with van der Waals surface area (Å²) < 4.78 is 5.35. The first-order valence-corrected chi connectivity index (χ1v) is 4.97. The molecule has 82 valence electrons.